The van der Waals surface area contributed by atoms with Crippen LogP contribution in [0.1, 0.15) is 47.4 Å². The van der Waals surface area contributed by atoms with Crippen molar-refractivity contribution < 1.29 is 19.1 Å². The highest BCUT2D eigenvalue weighted by Gasteiger charge is 2.33. The predicted octanol–water partition coefficient (Wildman–Crippen LogP) is 4.22. The molecule has 0 aliphatic carbocycles. The number of methoxy groups -OCH3 is 1. The van der Waals surface area contributed by atoms with Crippen molar-refractivity contribution in [3.05, 3.63) is 64.7 Å². The van der Waals surface area contributed by atoms with Crippen LogP contribution in [0.3, 0.4) is 0 Å². The Balaban J connectivity index is 1.61. The summed E-state index contributed by atoms with van der Waals surface area (Å²) < 4.78 is 5.15. The molecular weight excluding hydrogens is 428 g/mol. The number of benzene rings is 2. The molecule has 0 aromatic heterocycles. The zero-order chi connectivity index (χ0) is 23.3. The van der Waals surface area contributed by atoms with Gasteiger partial charge in [0.1, 0.15) is 11.8 Å². The van der Waals surface area contributed by atoms with E-state index in [2.05, 4.69) is 5.32 Å². The Labute approximate surface area is 193 Å². The summed E-state index contributed by atoms with van der Waals surface area (Å²) >= 11 is 6.13. The number of carbonyl (C=O) groups is 3. The number of likely N-dealkylation sites (tertiary alicyclic amines) is 1. The standard InChI is InChI=1S/C25H29ClN2O4/c1-16(2)22(27-24(30)20-6-4-5-7-21(20)26)25(31)28-14-12-18(13-15-28)23(29)17-8-10-19(32-3)11-9-17/h4-11,16,18,22H,12-15H2,1-3H3,(H,27,30)/t22-/m0/s1. The number of Topliss-reactive ketones (excluding diaryl/α,β-unsaturated/α-hetero) is 1. The Kier molecular flexibility index (Phi) is 7.91. The third-order valence-electron chi connectivity index (χ3n) is 5.89. The maximum atomic E-state index is 13.2. The minimum absolute atomic E-state index is 0.0900. The van der Waals surface area contributed by atoms with Crippen LogP contribution in [0.2, 0.25) is 5.02 Å². The Morgan fingerprint density at radius 2 is 1.66 bits per heavy atom. The van der Waals surface area contributed by atoms with E-state index < -0.39 is 6.04 Å². The number of ether oxygens (including phenoxy) is 1. The summed E-state index contributed by atoms with van der Waals surface area (Å²) in [5.74, 6) is 0.0888. The number of nitrogens with zero attached hydrogens (tertiary/aromatic N) is 1. The number of piperidine rings is 1. The molecule has 3 rings (SSSR count). The zero-order valence-corrected chi connectivity index (χ0v) is 19.4. The van der Waals surface area contributed by atoms with Crippen molar-refractivity contribution in [2.24, 2.45) is 11.8 Å². The van der Waals surface area contributed by atoms with Crippen LogP contribution in [0.25, 0.3) is 0 Å². The van der Waals surface area contributed by atoms with E-state index in [1.165, 1.54) is 0 Å². The van der Waals surface area contributed by atoms with Crippen molar-refractivity contribution in [1.29, 1.82) is 0 Å². The molecule has 0 radical (unpaired) electrons. The van der Waals surface area contributed by atoms with Crippen LogP contribution in [0.15, 0.2) is 48.5 Å². The highest BCUT2D eigenvalue weighted by Crippen LogP contribution is 2.24. The van der Waals surface area contributed by atoms with E-state index in [-0.39, 0.29) is 29.4 Å². The summed E-state index contributed by atoms with van der Waals surface area (Å²) in [7, 11) is 1.59. The Morgan fingerprint density at radius 3 is 2.22 bits per heavy atom. The average molecular weight is 457 g/mol. The lowest BCUT2D eigenvalue weighted by atomic mass is 9.88. The van der Waals surface area contributed by atoms with Crippen molar-refractivity contribution in [3.63, 3.8) is 0 Å². The Morgan fingerprint density at radius 1 is 1.03 bits per heavy atom. The lowest BCUT2D eigenvalue weighted by Crippen LogP contribution is -2.53. The maximum absolute atomic E-state index is 13.2. The summed E-state index contributed by atoms with van der Waals surface area (Å²) in [6, 6.07) is 13.2. The summed E-state index contributed by atoms with van der Waals surface area (Å²) in [6.45, 7) is 4.76. The van der Waals surface area contributed by atoms with Crippen molar-refractivity contribution in [3.8, 4) is 5.75 Å². The van der Waals surface area contributed by atoms with Crippen LogP contribution in [-0.4, -0.2) is 48.7 Å². The molecule has 1 N–H and O–H groups in total. The number of rotatable bonds is 7. The van der Waals surface area contributed by atoms with Crippen molar-refractivity contribution in [2.45, 2.75) is 32.7 Å². The Hall–Kier alpha value is -2.86. The molecule has 0 saturated carbocycles. The molecule has 0 bridgehead atoms. The van der Waals surface area contributed by atoms with Crippen LogP contribution in [0.5, 0.6) is 5.75 Å². The number of amides is 2. The summed E-state index contributed by atoms with van der Waals surface area (Å²) in [5.41, 5.74) is 0.999. The molecule has 2 aromatic rings. The van der Waals surface area contributed by atoms with Crippen LogP contribution < -0.4 is 10.1 Å². The molecule has 1 saturated heterocycles. The fourth-order valence-corrected chi connectivity index (χ4v) is 4.15. The molecule has 0 unspecified atom stereocenters. The number of halogens is 1. The molecule has 1 fully saturated rings. The van der Waals surface area contributed by atoms with Gasteiger partial charge in [0.15, 0.2) is 5.78 Å². The van der Waals surface area contributed by atoms with Gasteiger partial charge >= 0.3 is 0 Å². The molecule has 32 heavy (non-hydrogen) atoms. The summed E-state index contributed by atoms with van der Waals surface area (Å²) in [6.07, 6.45) is 1.19. The first-order chi connectivity index (χ1) is 15.3. The zero-order valence-electron chi connectivity index (χ0n) is 18.6. The first kappa shape index (κ1) is 23.8. The van der Waals surface area contributed by atoms with Crippen molar-refractivity contribution >= 4 is 29.2 Å². The average Bonchev–Trinajstić information content (AvgIpc) is 2.81. The molecule has 170 valence electrons. The quantitative estimate of drug-likeness (QED) is 0.633. The number of hydrogen-bond acceptors (Lipinski definition) is 4. The summed E-state index contributed by atoms with van der Waals surface area (Å²) in [5, 5.41) is 3.19. The summed E-state index contributed by atoms with van der Waals surface area (Å²) in [4.78, 5) is 40.5. The Bertz CT molecular complexity index is 966. The van der Waals surface area contributed by atoms with E-state index in [4.69, 9.17) is 16.3 Å². The minimum Gasteiger partial charge on any atom is -0.497 e. The predicted molar refractivity (Wildman–Crippen MR) is 124 cm³/mol. The maximum Gasteiger partial charge on any atom is 0.253 e. The van der Waals surface area contributed by atoms with Crippen LogP contribution >= 0.6 is 11.6 Å². The largest absolute Gasteiger partial charge is 0.497 e. The monoisotopic (exact) mass is 456 g/mol. The topological polar surface area (TPSA) is 75.7 Å². The molecule has 7 heteroatoms. The van der Waals surface area contributed by atoms with Gasteiger partial charge in [-0.2, -0.15) is 0 Å². The van der Waals surface area contributed by atoms with E-state index in [1.807, 2.05) is 13.8 Å². The van der Waals surface area contributed by atoms with Gasteiger partial charge in [-0.1, -0.05) is 37.6 Å². The highest BCUT2D eigenvalue weighted by molar-refractivity contribution is 6.33. The van der Waals surface area contributed by atoms with Crippen molar-refractivity contribution in [2.75, 3.05) is 20.2 Å². The third-order valence-corrected chi connectivity index (χ3v) is 6.22. The fraction of sp³-hybridized carbons (Fsp3) is 0.400. The number of carbonyl (C=O) groups excluding carboxylic acids is 3. The normalized spacial score (nSPS) is 15.3. The van der Waals surface area contributed by atoms with Gasteiger partial charge in [-0.15, -0.1) is 0 Å². The second kappa shape index (κ2) is 10.6. The van der Waals surface area contributed by atoms with Gasteiger partial charge < -0.3 is 15.0 Å². The first-order valence-corrected chi connectivity index (χ1v) is 11.2. The molecule has 2 amide bonds. The molecule has 1 atom stereocenters. The number of nitrogens with one attached hydrogen (secondary N) is 1. The second-order valence-electron chi connectivity index (χ2n) is 8.37. The van der Waals surface area contributed by atoms with Gasteiger partial charge in [-0.25, -0.2) is 0 Å². The second-order valence-corrected chi connectivity index (χ2v) is 8.77. The fourth-order valence-electron chi connectivity index (χ4n) is 3.93. The molecule has 1 aliphatic heterocycles. The van der Waals surface area contributed by atoms with Gasteiger partial charge in [0.2, 0.25) is 5.91 Å². The van der Waals surface area contributed by atoms with Gasteiger partial charge in [0.05, 0.1) is 17.7 Å². The van der Waals surface area contributed by atoms with E-state index in [9.17, 15) is 14.4 Å². The van der Waals surface area contributed by atoms with E-state index in [1.54, 1.807) is 60.5 Å². The number of hydrogen-bond donors (Lipinski definition) is 1. The molecule has 1 aliphatic rings. The van der Waals surface area contributed by atoms with Gasteiger partial charge in [-0.3, -0.25) is 14.4 Å². The molecular formula is C25H29ClN2O4. The van der Waals surface area contributed by atoms with E-state index in [0.717, 1.165) is 0 Å². The molecule has 1 heterocycles. The van der Waals surface area contributed by atoms with Gasteiger partial charge in [0, 0.05) is 24.6 Å². The van der Waals surface area contributed by atoms with Crippen LogP contribution in [0.4, 0.5) is 0 Å². The SMILES string of the molecule is COc1ccc(C(=O)C2CCN(C(=O)[C@@H](NC(=O)c3ccccc3Cl)C(C)C)CC2)cc1. The lowest BCUT2D eigenvalue weighted by Gasteiger charge is -2.35. The van der Waals surface area contributed by atoms with E-state index in [0.29, 0.717) is 47.8 Å². The van der Waals surface area contributed by atoms with Crippen molar-refractivity contribution in [1.82, 2.24) is 10.2 Å². The lowest BCUT2D eigenvalue weighted by molar-refractivity contribution is -0.135. The minimum atomic E-state index is -0.660. The van der Waals surface area contributed by atoms with E-state index >= 15 is 0 Å². The first-order valence-electron chi connectivity index (χ1n) is 10.8. The number of ketones is 1. The molecule has 2 aromatic carbocycles. The highest BCUT2D eigenvalue weighted by atomic mass is 35.5. The van der Waals surface area contributed by atoms with Gasteiger partial charge in [0.25, 0.3) is 5.91 Å². The molecule has 6 nitrogen and oxygen atoms in total. The smallest absolute Gasteiger partial charge is 0.253 e. The van der Waals surface area contributed by atoms with Crippen LogP contribution in [-0.2, 0) is 4.79 Å². The molecule has 0 spiro atoms. The van der Waals surface area contributed by atoms with Crippen LogP contribution in [0, 0.1) is 11.8 Å². The third kappa shape index (κ3) is 5.49. The van der Waals surface area contributed by atoms with Gasteiger partial charge in [-0.05, 0) is 55.2 Å².